The first-order valence-electron chi connectivity index (χ1n) is 11.1. The summed E-state index contributed by atoms with van der Waals surface area (Å²) in [5.74, 6) is -0.279. The van der Waals surface area contributed by atoms with Crippen LogP contribution in [0.1, 0.15) is 28.1 Å². The van der Waals surface area contributed by atoms with Crippen molar-refractivity contribution in [2.75, 3.05) is 13.1 Å². The molecule has 33 heavy (non-hydrogen) atoms. The highest BCUT2D eigenvalue weighted by Crippen LogP contribution is 2.23. The number of piperidine rings is 1. The molecule has 0 saturated carbocycles. The van der Waals surface area contributed by atoms with Crippen molar-refractivity contribution in [2.24, 2.45) is 0 Å². The number of nitrogens with zero attached hydrogens (tertiary/aromatic N) is 2. The monoisotopic (exact) mass is 463 g/mol. The first kappa shape index (κ1) is 23.0. The summed E-state index contributed by atoms with van der Waals surface area (Å²) in [6, 6.07) is 20.3. The molecule has 0 radical (unpaired) electrons. The smallest absolute Gasteiger partial charge is 0.269 e. The lowest BCUT2D eigenvalue weighted by Crippen LogP contribution is -2.71. The SMILES string of the molecule is N=C(/C=C\[NH2+]c1cccc(F)c1)N(C(=O)c1cccs1)C1CCN(Cc2ccccc2)CC1. The molecule has 2 heterocycles. The second-order valence-corrected chi connectivity index (χ2v) is 9.06. The van der Waals surface area contributed by atoms with Crippen LogP contribution < -0.4 is 5.32 Å². The van der Waals surface area contributed by atoms with Gasteiger partial charge in [0.25, 0.3) is 5.91 Å². The maximum Gasteiger partial charge on any atom is 0.269 e. The van der Waals surface area contributed by atoms with Gasteiger partial charge in [-0.25, -0.2) is 4.39 Å². The predicted octanol–water partition coefficient (Wildman–Crippen LogP) is 4.38. The van der Waals surface area contributed by atoms with Crippen molar-refractivity contribution >= 4 is 28.8 Å². The molecule has 0 unspecified atom stereocenters. The number of nitrogens with one attached hydrogen (secondary N) is 1. The molecule has 2 aromatic carbocycles. The van der Waals surface area contributed by atoms with E-state index >= 15 is 0 Å². The average molecular weight is 464 g/mol. The van der Waals surface area contributed by atoms with Gasteiger partial charge in [0.15, 0.2) is 0 Å². The van der Waals surface area contributed by atoms with Crippen molar-refractivity contribution in [3.63, 3.8) is 0 Å². The molecule has 5 nitrogen and oxygen atoms in total. The molecule has 170 valence electrons. The van der Waals surface area contributed by atoms with Crippen LogP contribution >= 0.6 is 11.3 Å². The minimum atomic E-state index is -0.302. The van der Waals surface area contributed by atoms with E-state index in [1.165, 1.54) is 29.0 Å². The first-order valence-corrected chi connectivity index (χ1v) is 12.0. The summed E-state index contributed by atoms with van der Waals surface area (Å²) >= 11 is 1.39. The van der Waals surface area contributed by atoms with Crippen LogP contribution in [0.4, 0.5) is 10.1 Å². The second kappa shape index (κ2) is 11.1. The van der Waals surface area contributed by atoms with E-state index in [4.69, 9.17) is 5.41 Å². The Hall–Kier alpha value is -3.13. The van der Waals surface area contributed by atoms with Crippen LogP contribution in [0.3, 0.4) is 0 Å². The number of benzene rings is 2. The molecule has 0 spiro atoms. The van der Waals surface area contributed by atoms with Crippen LogP contribution in [0.2, 0.25) is 0 Å². The van der Waals surface area contributed by atoms with Crippen molar-refractivity contribution in [2.45, 2.75) is 25.4 Å². The molecule has 3 aromatic rings. The zero-order valence-electron chi connectivity index (χ0n) is 18.4. The number of likely N-dealkylation sites (tertiary alicyclic amines) is 1. The molecule has 0 aliphatic carbocycles. The van der Waals surface area contributed by atoms with E-state index in [1.807, 2.05) is 17.5 Å². The van der Waals surface area contributed by atoms with Gasteiger partial charge < -0.3 is 0 Å². The van der Waals surface area contributed by atoms with Gasteiger partial charge in [0, 0.05) is 37.8 Å². The number of amidine groups is 1. The zero-order valence-corrected chi connectivity index (χ0v) is 19.2. The van der Waals surface area contributed by atoms with E-state index in [2.05, 4.69) is 29.2 Å². The number of quaternary nitrogens is 1. The van der Waals surface area contributed by atoms with E-state index in [1.54, 1.807) is 40.7 Å². The number of carbonyl (C=O) groups excluding carboxylic acids is 1. The fourth-order valence-electron chi connectivity index (χ4n) is 4.11. The van der Waals surface area contributed by atoms with E-state index < -0.39 is 0 Å². The van der Waals surface area contributed by atoms with Gasteiger partial charge >= 0.3 is 0 Å². The third-order valence-corrected chi connectivity index (χ3v) is 6.63. The summed E-state index contributed by atoms with van der Waals surface area (Å²) in [4.78, 5) is 17.9. The maximum atomic E-state index is 13.4. The Labute approximate surface area is 197 Å². The van der Waals surface area contributed by atoms with Gasteiger partial charge in [0.1, 0.15) is 23.5 Å². The molecule has 3 N–H and O–H groups in total. The number of carbonyl (C=O) groups is 1. The molecule has 7 heteroatoms. The molecule has 4 rings (SSSR count). The summed E-state index contributed by atoms with van der Waals surface area (Å²) in [7, 11) is 0. The van der Waals surface area contributed by atoms with Crippen molar-refractivity contribution in [3.8, 4) is 0 Å². The van der Waals surface area contributed by atoms with Crippen molar-refractivity contribution in [3.05, 3.63) is 101 Å². The molecular weight excluding hydrogens is 435 g/mol. The molecule has 1 aliphatic heterocycles. The van der Waals surface area contributed by atoms with Crippen molar-refractivity contribution in [1.29, 1.82) is 5.41 Å². The van der Waals surface area contributed by atoms with Crippen LogP contribution in [0.15, 0.2) is 84.4 Å². The van der Waals surface area contributed by atoms with Gasteiger partial charge in [-0.05, 0) is 42.0 Å². The number of nitrogens with two attached hydrogens (primary N) is 1. The van der Waals surface area contributed by atoms with Crippen LogP contribution in [-0.2, 0) is 6.54 Å². The summed E-state index contributed by atoms with van der Waals surface area (Å²) in [5, 5.41) is 12.3. The predicted molar refractivity (Wildman–Crippen MR) is 130 cm³/mol. The highest BCUT2D eigenvalue weighted by Gasteiger charge is 2.31. The number of thiophene rings is 1. The number of hydrogen-bond donors (Lipinski definition) is 2. The van der Waals surface area contributed by atoms with E-state index in [0.717, 1.165) is 32.5 Å². The summed E-state index contributed by atoms with van der Waals surface area (Å²) < 4.78 is 13.4. The minimum Gasteiger partial charge on any atom is -0.299 e. The van der Waals surface area contributed by atoms with Crippen molar-refractivity contribution < 1.29 is 14.5 Å². The third kappa shape index (κ3) is 6.22. The van der Waals surface area contributed by atoms with Gasteiger partial charge in [-0.1, -0.05) is 42.5 Å². The summed E-state index contributed by atoms with van der Waals surface area (Å²) in [6.07, 6.45) is 4.95. The van der Waals surface area contributed by atoms with Crippen LogP contribution in [0, 0.1) is 11.2 Å². The Morgan fingerprint density at radius 2 is 1.91 bits per heavy atom. The third-order valence-electron chi connectivity index (χ3n) is 5.77. The average Bonchev–Trinajstić information content (AvgIpc) is 3.36. The fourth-order valence-corrected chi connectivity index (χ4v) is 4.77. The highest BCUT2D eigenvalue weighted by molar-refractivity contribution is 7.12. The summed E-state index contributed by atoms with van der Waals surface area (Å²) in [6.45, 7) is 2.65. The molecule has 0 atom stereocenters. The Kier molecular flexibility index (Phi) is 7.78. The molecular formula is C26H28FN4OS+. The number of hydrogen-bond acceptors (Lipinski definition) is 4. The number of halogens is 1. The van der Waals surface area contributed by atoms with Crippen LogP contribution in [0.5, 0.6) is 0 Å². The number of rotatable bonds is 7. The largest absolute Gasteiger partial charge is 0.299 e. The normalized spacial score (nSPS) is 15.1. The van der Waals surface area contributed by atoms with Crippen LogP contribution in [-0.4, -0.2) is 40.7 Å². The fraction of sp³-hybridized carbons (Fsp3) is 0.231. The molecule has 1 fully saturated rings. The van der Waals surface area contributed by atoms with Gasteiger partial charge in [0.2, 0.25) is 0 Å². The molecule has 1 saturated heterocycles. The standard InChI is InChI=1S/C26H27FN4OS/c27-21-8-4-9-22(18-21)29-14-11-25(28)31(26(32)24-10-5-17-33-24)23-12-15-30(16-13-23)19-20-6-2-1-3-7-20/h1-11,14,17-18,23,28-29H,12-13,15-16,19H2/p+1/b14-11-,28-25?. The Morgan fingerprint density at radius 3 is 2.61 bits per heavy atom. The Balaban J connectivity index is 1.43. The van der Waals surface area contributed by atoms with E-state index in [-0.39, 0.29) is 23.6 Å². The lowest BCUT2D eigenvalue weighted by molar-refractivity contribution is -0.496. The summed E-state index contributed by atoms with van der Waals surface area (Å²) in [5.41, 5.74) is 2.00. The Bertz CT molecular complexity index is 1090. The van der Waals surface area contributed by atoms with Gasteiger partial charge in [-0.3, -0.25) is 25.3 Å². The molecule has 1 aliphatic rings. The molecule has 1 aromatic heterocycles. The lowest BCUT2D eigenvalue weighted by Gasteiger charge is -2.38. The topological polar surface area (TPSA) is 64.0 Å². The molecule has 1 amide bonds. The first-order chi connectivity index (χ1) is 16.1. The maximum absolute atomic E-state index is 13.4. The van der Waals surface area contributed by atoms with Crippen LogP contribution in [0.25, 0.3) is 0 Å². The van der Waals surface area contributed by atoms with E-state index in [9.17, 15) is 9.18 Å². The zero-order chi connectivity index (χ0) is 23.0. The minimum absolute atomic E-state index is 0.0297. The Morgan fingerprint density at radius 1 is 1.12 bits per heavy atom. The van der Waals surface area contributed by atoms with Crippen molar-refractivity contribution in [1.82, 2.24) is 9.80 Å². The molecule has 0 bridgehead atoms. The number of amides is 1. The highest BCUT2D eigenvalue weighted by atomic mass is 32.1. The quantitative estimate of drug-likeness (QED) is 0.310. The lowest BCUT2D eigenvalue weighted by atomic mass is 10.0. The van der Waals surface area contributed by atoms with E-state index in [0.29, 0.717) is 10.6 Å². The van der Waals surface area contributed by atoms with Gasteiger partial charge in [-0.2, -0.15) is 0 Å². The van der Waals surface area contributed by atoms with Gasteiger partial charge in [-0.15, -0.1) is 11.3 Å². The second-order valence-electron chi connectivity index (χ2n) is 8.11. The van der Waals surface area contributed by atoms with Gasteiger partial charge in [0.05, 0.1) is 4.88 Å².